The van der Waals surface area contributed by atoms with Crippen LogP contribution in [-0.4, -0.2) is 12.7 Å². The van der Waals surface area contributed by atoms with Crippen LogP contribution in [0.5, 0.6) is 0 Å². The summed E-state index contributed by atoms with van der Waals surface area (Å²) in [5.41, 5.74) is 6.02. The van der Waals surface area contributed by atoms with E-state index in [-0.39, 0.29) is 6.04 Å². The van der Waals surface area contributed by atoms with Gasteiger partial charge in [-0.25, -0.2) is 0 Å². The lowest BCUT2D eigenvalue weighted by Gasteiger charge is -2.12. The van der Waals surface area contributed by atoms with Crippen LogP contribution in [0.25, 0.3) is 0 Å². The Hall–Kier alpha value is -0.320. The van der Waals surface area contributed by atoms with Crippen LogP contribution in [0.1, 0.15) is 37.5 Å². The lowest BCUT2D eigenvalue weighted by atomic mass is 10.1. The number of nitrogens with two attached hydrogens (primary N) is 1. The Labute approximate surface area is 98.1 Å². The Kier molecular flexibility index (Phi) is 3.83. The molecule has 0 aliphatic carbocycles. The molecule has 0 radical (unpaired) electrons. The first-order valence-corrected chi connectivity index (χ1v) is 6.17. The lowest BCUT2D eigenvalue weighted by Crippen LogP contribution is -2.13. The molecule has 1 fully saturated rings. The summed E-state index contributed by atoms with van der Waals surface area (Å²) in [5.74, 6) is 0.847. The minimum absolute atomic E-state index is 0.0134. The lowest BCUT2D eigenvalue weighted by molar-refractivity contribution is 0.100. The molecule has 1 aliphatic heterocycles. The molecule has 2 unspecified atom stereocenters. The SMILES string of the molecule is NC(CCC1CCCO1)c1ccc(Br)o1. The number of rotatable bonds is 4. The van der Waals surface area contributed by atoms with Crippen molar-refractivity contribution >= 4 is 15.9 Å². The predicted molar refractivity (Wildman–Crippen MR) is 61.5 cm³/mol. The average Bonchev–Trinajstić information content (AvgIpc) is 2.84. The largest absolute Gasteiger partial charge is 0.453 e. The van der Waals surface area contributed by atoms with Crippen LogP contribution >= 0.6 is 15.9 Å². The molecule has 0 aromatic carbocycles. The van der Waals surface area contributed by atoms with Gasteiger partial charge in [-0.15, -0.1) is 0 Å². The van der Waals surface area contributed by atoms with Crippen LogP contribution in [0, 0.1) is 0 Å². The van der Waals surface area contributed by atoms with Crippen LogP contribution in [0.15, 0.2) is 21.2 Å². The number of hydrogen-bond donors (Lipinski definition) is 1. The van der Waals surface area contributed by atoms with Gasteiger partial charge in [-0.1, -0.05) is 0 Å². The van der Waals surface area contributed by atoms with E-state index in [1.54, 1.807) is 0 Å². The van der Waals surface area contributed by atoms with Crippen LogP contribution in [0.3, 0.4) is 0 Å². The molecule has 2 atom stereocenters. The highest BCUT2D eigenvalue weighted by atomic mass is 79.9. The second kappa shape index (κ2) is 5.14. The maximum absolute atomic E-state index is 6.02. The molecule has 84 valence electrons. The molecule has 2 N–H and O–H groups in total. The van der Waals surface area contributed by atoms with Gasteiger partial charge in [0.2, 0.25) is 0 Å². The van der Waals surface area contributed by atoms with Crippen LogP contribution in [-0.2, 0) is 4.74 Å². The highest BCUT2D eigenvalue weighted by molar-refractivity contribution is 9.10. The molecule has 2 heterocycles. The Morgan fingerprint density at radius 2 is 2.40 bits per heavy atom. The third-order valence-electron chi connectivity index (χ3n) is 2.78. The van der Waals surface area contributed by atoms with Crippen molar-refractivity contribution in [3.05, 3.63) is 22.6 Å². The summed E-state index contributed by atoms with van der Waals surface area (Å²) in [4.78, 5) is 0. The van der Waals surface area contributed by atoms with Crippen molar-refractivity contribution in [3.63, 3.8) is 0 Å². The van der Waals surface area contributed by atoms with E-state index >= 15 is 0 Å². The molecular formula is C11H16BrNO2. The number of hydrogen-bond acceptors (Lipinski definition) is 3. The quantitative estimate of drug-likeness (QED) is 0.918. The fraction of sp³-hybridized carbons (Fsp3) is 0.636. The van der Waals surface area contributed by atoms with E-state index in [1.165, 1.54) is 12.8 Å². The van der Waals surface area contributed by atoms with Crippen LogP contribution in [0.2, 0.25) is 0 Å². The second-order valence-corrected chi connectivity index (χ2v) is 4.74. The Morgan fingerprint density at radius 1 is 1.53 bits per heavy atom. The fourth-order valence-electron chi connectivity index (χ4n) is 1.91. The van der Waals surface area contributed by atoms with Crippen molar-refractivity contribution in [1.29, 1.82) is 0 Å². The van der Waals surface area contributed by atoms with E-state index in [0.29, 0.717) is 6.10 Å². The van der Waals surface area contributed by atoms with Crippen molar-refractivity contribution < 1.29 is 9.15 Å². The molecule has 0 amide bonds. The van der Waals surface area contributed by atoms with Crippen molar-refractivity contribution in [1.82, 2.24) is 0 Å². The predicted octanol–water partition coefficient (Wildman–Crippen LogP) is 3.00. The Balaban J connectivity index is 1.79. The van der Waals surface area contributed by atoms with Gasteiger partial charge in [0, 0.05) is 6.61 Å². The molecule has 2 rings (SSSR count). The van der Waals surface area contributed by atoms with Crippen LogP contribution in [0.4, 0.5) is 0 Å². The molecule has 0 saturated carbocycles. The van der Waals surface area contributed by atoms with E-state index in [0.717, 1.165) is 29.9 Å². The molecule has 1 aromatic heterocycles. The highest BCUT2D eigenvalue weighted by Gasteiger charge is 2.18. The van der Waals surface area contributed by atoms with Crippen molar-refractivity contribution in [3.8, 4) is 0 Å². The van der Waals surface area contributed by atoms with E-state index in [9.17, 15) is 0 Å². The molecule has 0 bridgehead atoms. The summed E-state index contributed by atoms with van der Waals surface area (Å²) in [6.07, 6.45) is 4.72. The first-order chi connectivity index (χ1) is 7.25. The summed E-state index contributed by atoms with van der Waals surface area (Å²) >= 11 is 3.27. The normalized spacial score (nSPS) is 23.2. The molecule has 1 aromatic rings. The first kappa shape index (κ1) is 11.2. The monoisotopic (exact) mass is 273 g/mol. The molecule has 3 nitrogen and oxygen atoms in total. The Bertz CT molecular complexity index is 307. The van der Waals surface area contributed by atoms with Crippen molar-refractivity contribution in [2.45, 2.75) is 37.8 Å². The molecule has 0 spiro atoms. The second-order valence-electron chi connectivity index (χ2n) is 3.96. The zero-order chi connectivity index (χ0) is 10.7. The van der Waals surface area contributed by atoms with Gasteiger partial charge in [-0.05, 0) is 53.7 Å². The third kappa shape index (κ3) is 3.06. The molecule has 4 heteroatoms. The van der Waals surface area contributed by atoms with Gasteiger partial charge in [0.1, 0.15) is 5.76 Å². The third-order valence-corrected chi connectivity index (χ3v) is 3.21. The van der Waals surface area contributed by atoms with E-state index in [4.69, 9.17) is 14.9 Å². The number of halogens is 1. The van der Waals surface area contributed by atoms with E-state index in [1.807, 2.05) is 12.1 Å². The van der Waals surface area contributed by atoms with E-state index < -0.39 is 0 Å². The molecule has 15 heavy (non-hydrogen) atoms. The number of ether oxygens (including phenoxy) is 1. The maximum atomic E-state index is 6.02. The molecular weight excluding hydrogens is 258 g/mol. The summed E-state index contributed by atoms with van der Waals surface area (Å²) < 4.78 is 11.7. The standard InChI is InChI=1S/C11H16BrNO2/c12-11-6-5-10(15-11)9(13)4-3-8-2-1-7-14-8/h5-6,8-9H,1-4,7,13H2. The topological polar surface area (TPSA) is 48.4 Å². The Morgan fingerprint density at radius 3 is 3.00 bits per heavy atom. The highest BCUT2D eigenvalue weighted by Crippen LogP contribution is 2.25. The maximum Gasteiger partial charge on any atom is 0.169 e. The summed E-state index contributed by atoms with van der Waals surface area (Å²) in [5, 5.41) is 0. The molecule has 1 aliphatic rings. The van der Waals surface area contributed by atoms with E-state index in [2.05, 4.69) is 15.9 Å². The zero-order valence-electron chi connectivity index (χ0n) is 8.62. The fourth-order valence-corrected chi connectivity index (χ4v) is 2.23. The summed E-state index contributed by atoms with van der Waals surface area (Å²) in [6.45, 7) is 0.909. The van der Waals surface area contributed by atoms with Crippen molar-refractivity contribution in [2.75, 3.05) is 6.61 Å². The number of furan rings is 1. The summed E-state index contributed by atoms with van der Waals surface area (Å²) in [7, 11) is 0. The minimum atomic E-state index is -0.0134. The van der Waals surface area contributed by atoms with Gasteiger partial charge in [-0.2, -0.15) is 0 Å². The first-order valence-electron chi connectivity index (χ1n) is 5.38. The van der Waals surface area contributed by atoms with Gasteiger partial charge in [-0.3, -0.25) is 0 Å². The van der Waals surface area contributed by atoms with Gasteiger partial charge >= 0.3 is 0 Å². The average molecular weight is 274 g/mol. The summed E-state index contributed by atoms with van der Waals surface area (Å²) in [6, 6.07) is 3.78. The van der Waals surface area contributed by atoms with Gasteiger partial charge in [0.25, 0.3) is 0 Å². The van der Waals surface area contributed by atoms with Gasteiger partial charge in [0.15, 0.2) is 4.67 Å². The van der Waals surface area contributed by atoms with Gasteiger partial charge < -0.3 is 14.9 Å². The minimum Gasteiger partial charge on any atom is -0.453 e. The zero-order valence-corrected chi connectivity index (χ0v) is 10.2. The van der Waals surface area contributed by atoms with Gasteiger partial charge in [0.05, 0.1) is 12.1 Å². The van der Waals surface area contributed by atoms with Crippen LogP contribution < -0.4 is 5.73 Å². The molecule has 1 saturated heterocycles. The smallest absolute Gasteiger partial charge is 0.169 e. The van der Waals surface area contributed by atoms with Crippen molar-refractivity contribution in [2.24, 2.45) is 5.73 Å².